The first-order chi connectivity index (χ1) is 9.10. The zero-order valence-electron chi connectivity index (χ0n) is 11.6. The van der Waals surface area contributed by atoms with E-state index in [4.69, 9.17) is 4.74 Å². The maximum atomic E-state index is 11.7. The van der Waals surface area contributed by atoms with Gasteiger partial charge in [0.25, 0.3) is 5.56 Å². The van der Waals surface area contributed by atoms with Crippen LogP contribution in [0.15, 0.2) is 10.9 Å². The minimum absolute atomic E-state index is 0.0266. The van der Waals surface area contributed by atoms with Gasteiger partial charge in [-0.3, -0.25) is 9.69 Å². The van der Waals surface area contributed by atoms with Crippen LogP contribution in [0.3, 0.4) is 0 Å². The number of rotatable bonds is 3. The Morgan fingerprint density at radius 3 is 2.68 bits per heavy atom. The molecule has 2 heterocycles. The number of hydrogen-bond acceptors (Lipinski definition) is 4. The molecule has 1 saturated heterocycles. The van der Waals surface area contributed by atoms with Crippen LogP contribution in [0.4, 0.5) is 0 Å². The molecule has 0 unspecified atom stereocenters. The van der Waals surface area contributed by atoms with E-state index in [0.717, 1.165) is 44.0 Å². The summed E-state index contributed by atoms with van der Waals surface area (Å²) in [6, 6.07) is 1.62. The van der Waals surface area contributed by atoms with Crippen molar-refractivity contribution in [3.05, 3.63) is 27.9 Å². The summed E-state index contributed by atoms with van der Waals surface area (Å²) < 4.78 is 5.72. The number of nitrogens with zero attached hydrogens (tertiary/aromatic N) is 2. The van der Waals surface area contributed by atoms with E-state index in [9.17, 15) is 4.79 Å². The lowest BCUT2D eigenvalue weighted by Gasteiger charge is -2.35. The van der Waals surface area contributed by atoms with Crippen molar-refractivity contribution in [3.63, 3.8) is 0 Å². The van der Waals surface area contributed by atoms with E-state index in [1.54, 1.807) is 6.07 Å². The number of ether oxygens (including phenoxy) is 1. The van der Waals surface area contributed by atoms with Crippen molar-refractivity contribution < 1.29 is 4.74 Å². The molecule has 0 radical (unpaired) electrons. The minimum Gasteiger partial charge on any atom is -0.373 e. The first-order valence-corrected chi connectivity index (χ1v) is 7.08. The van der Waals surface area contributed by atoms with E-state index >= 15 is 0 Å². The molecule has 2 fully saturated rings. The molecule has 5 nitrogen and oxygen atoms in total. The Bertz CT molecular complexity index is 500. The Hall–Kier alpha value is -1.20. The van der Waals surface area contributed by atoms with Gasteiger partial charge in [0.15, 0.2) is 0 Å². The molecule has 1 aliphatic heterocycles. The van der Waals surface area contributed by atoms with Gasteiger partial charge < -0.3 is 9.72 Å². The van der Waals surface area contributed by atoms with Crippen LogP contribution < -0.4 is 5.56 Å². The molecule has 104 valence electrons. The Kier molecular flexibility index (Phi) is 3.41. The third-order valence-corrected chi connectivity index (χ3v) is 3.66. The Morgan fingerprint density at radius 1 is 1.37 bits per heavy atom. The molecule has 19 heavy (non-hydrogen) atoms. The van der Waals surface area contributed by atoms with Crippen LogP contribution in [0.2, 0.25) is 0 Å². The van der Waals surface area contributed by atoms with Crippen molar-refractivity contribution in [1.82, 2.24) is 14.9 Å². The molecule has 2 atom stereocenters. The van der Waals surface area contributed by atoms with Crippen LogP contribution in [-0.4, -0.2) is 40.2 Å². The smallest absolute Gasteiger partial charge is 0.251 e. The van der Waals surface area contributed by atoms with Crippen molar-refractivity contribution in [2.24, 2.45) is 0 Å². The Morgan fingerprint density at radius 2 is 2.05 bits per heavy atom. The average Bonchev–Trinajstić information content (AvgIpc) is 3.09. The summed E-state index contributed by atoms with van der Waals surface area (Å²) in [5, 5.41) is 0. The number of morpholine rings is 1. The summed E-state index contributed by atoms with van der Waals surface area (Å²) in [7, 11) is 0. The summed E-state index contributed by atoms with van der Waals surface area (Å²) in [6.07, 6.45) is 2.79. The van der Waals surface area contributed by atoms with Crippen molar-refractivity contribution in [2.45, 2.75) is 51.4 Å². The molecule has 1 saturated carbocycles. The highest BCUT2D eigenvalue weighted by atomic mass is 16.5. The molecular weight excluding hydrogens is 242 g/mol. The summed E-state index contributed by atoms with van der Waals surface area (Å²) in [6.45, 7) is 6.71. The van der Waals surface area contributed by atoms with Crippen molar-refractivity contribution >= 4 is 0 Å². The maximum absolute atomic E-state index is 11.7. The molecule has 0 aromatic carbocycles. The highest BCUT2D eigenvalue weighted by Crippen LogP contribution is 2.37. The molecule has 1 aromatic heterocycles. The fourth-order valence-electron chi connectivity index (χ4n) is 2.80. The predicted molar refractivity (Wildman–Crippen MR) is 72.1 cm³/mol. The summed E-state index contributed by atoms with van der Waals surface area (Å²) in [4.78, 5) is 21.4. The molecule has 2 aliphatic rings. The number of nitrogens with one attached hydrogen (secondary N) is 1. The van der Waals surface area contributed by atoms with Crippen LogP contribution >= 0.6 is 0 Å². The van der Waals surface area contributed by atoms with Gasteiger partial charge in [-0.25, -0.2) is 4.98 Å². The molecule has 1 aliphatic carbocycles. The van der Waals surface area contributed by atoms with Gasteiger partial charge in [0.2, 0.25) is 0 Å². The van der Waals surface area contributed by atoms with Crippen LogP contribution in [0, 0.1) is 0 Å². The van der Waals surface area contributed by atoms with Gasteiger partial charge in [-0.15, -0.1) is 0 Å². The maximum Gasteiger partial charge on any atom is 0.251 e. The van der Waals surface area contributed by atoms with Gasteiger partial charge in [0.1, 0.15) is 5.82 Å². The topological polar surface area (TPSA) is 58.2 Å². The SMILES string of the molecule is C[C@@H]1CN(Cc2cc(=O)[nH]c(C3CC3)n2)C[C@H](C)O1. The van der Waals surface area contributed by atoms with Gasteiger partial charge in [0.05, 0.1) is 17.9 Å². The van der Waals surface area contributed by atoms with Gasteiger partial charge >= 0.3 is 0 Å². The second-order valence-electron chi connectivity index (χ2n) is 5.85. The average molecular weight is 263 g/mol. The standard InChI is InChI=1S/C14H21N3O2/c1-9-6-17(7-10(2)19-9)8-12-5-13(18)16-14(15-12)11-3-4-11/h5,9-11H,3-4,6-8H2,1-2H3,(H,15,16,18)/t9-,10+. The first kappa shape index (κ1) is 12.8. The van der Waals surface area contributed by atoms with E-state index in [1.807, 2.05) is 0 Å². The van der Waals surface area contributed by atoms with Crippen LogP contribution in [0.25, 0.3) is 0 Å². The lowest BCUT2D eigenvalue weighted by molar-refractivity contribution is -0.0707. The second kappa shape index (κ2) is 5.06. The fraction of sp³-hybridized carbons (Fsp3) is 0.714. The Labute approximate surface area is 113 Å². The molecule has 3 rings (SSSR count). The lowest BCUT2D eigenvalue weighted by atomic mass is 10.2. The van der Waals surface area contributed by atoms with Crippen LogP contribution in [-0.2, 0) is 11.3 Å². The number of H-pyrrole nitrogens is 1. The predicted octanol–water partition coefficient (Wildman–Crippen LogP) is 1.26. The van der Waals surface area contributed by atoms with Gasteiger partial charge in [-0.1, -0.05) is 0 Å². The minimum atomic E-state index is -0.0266. The molecule has 0 spiro atoms. The van der Waals surface area contributed by atoms with Gasteiger partial charge in [-0.2, -0.15) is 0 Å². The highest BCUT2D eigenvalue weighted by molar-refractivity contribution is 5.10. The van der Waals surface area contributed by atoms with Crippen molar-refractivity contribution in [3.8, 4) is 0 Å². The van der Waals surface area contributed by atoms with Crippen molar-refractivity contribution in [2.75, 3.05) is 13.1 Å². The van der Waals surface area contributed by atoms with Crippen LogP contribution in [0.1, 0.15) is 44.1 Å². The third-order valence-electron chi connectivity index (χ3n) is 3.66. The molecule has 1 N–H and O–H groups in total. The zero-order chi connectivity index (χ0) is 13.4. The molecule has 1 aromatic rings. The van der Waals surface area contributed by atoms with E-state index in [2.05, 4.69) is 28.7 Å². The Balaban J connectivity index is 1.73. The molecule has 0 amide bonds. The fourth-order valence-corrected chi connectivity index (χ4v) is 2.80. The monoisotopic (exact) mass is 263 g/mol. The molecule has 0 bridgehead atoms. The molecular formula is C14H21N3O2. The zero-order valence-corrected chi connectivity index (χ0v) is 11.6. The highest BCUT2D eigenvalue weighted by Gasteiger charge is 2.27. The first-order valence-electron chi connectivity index (χ1n) is 7.08. The van der Waals surface area contributed by atoms with E-state index < -0.39 is 0 Å². The number of aromatic amines is 1. The summed E-state index contributed by atoms with van der Waals surface area (Å²) in [5.41, 5.74) is 0.855. The number of aromatic nitrogens is 2. The van der Waals surface area contributed by atoms with Crippen molar-refractivity contribution in [1.29, 1.82) is 0 Å². The van der Waals surface area contributed by atoms with Gasteiger partial charge in [0, 0.05) is 31.6 Å². The lowest BCUT2D eigenvalue weighted by Crippen LogP contribution is -2.45. The third kappa shape index (κ3) is 3.22. The van der Waals surface area contributed by atoms with Gasteiger partial charge in [-0.05, 0) is 26.7 Å². The van der Waals surface area contributed by atoms with Crippen LogP contribution in [0.5, 0.6) is 0 Å². The summed E-state index contributed by atoms with van der Waals surface area (Å²) >= 11 is 0. The quantitative estimate of drug-likeness (QED) is 0.892. The normalized spacial score (nSPS) is 28.5. The second-order valence-corrected chi connectivity index (χ2v) is 5.85. The largest absolute Gasteiger partial charge is 0.373 e. The van der Waals surface area contributed by atoms with E-state index in [1.165, 1.54) is 0 Å². The summed E-state index contributed by atoms with van der Waals surface area (Å²) in [5.74, 6) is 1.35. The van der Waals surface area contributed by atoms with E-state index in [-0.39, 0.29) is 17.8 Å². The van der Waals surface area contributed by atoms with E-state index in [0.29, 0.717) is 5.92 Å². The number of hydrogen-bond donors (Lipinski definition) is 1. The molecule has 5 heteroatoms.